The molecule has 0 aliphatic carbocycles. The Balaban J connectivity index is 0. The molecule has 0 aliphatic rings. The van der Waals surface area contributed by atoms with E-state index in [4.69, 9.17) is 9.90 Å². The van der Waals surface area contributed by atoms with Crippen LogP contribution in [0.15, 0.2) is 0 Å². The Morgan fingerprint density at radius 1 is 1.06 bits per heavy atom. The van der Waals surface area contributed by atoms with E-state index >= 15 is 0 Å². The second-order valence-electron chi connectivity index (χ2n) is 3.77. The fourth-order valence-electron chi connectivity index (χ4n) is 1.20. The standard InChI is InChI=1S/C7H18N3.C2HF3O2/c1-8(2)7(9(3)4)10(5)6;3-2(4,5)1(6)7/h1-6H3;(H,6,7)/q+1;/p-1. The molecule has 0 unspecified atom stereocenters. The van der Waals surface area contributed by atoms with Crippen LogP contribution in [-0.2, 0) is 4.79 Å². The molecule has 102 valence electrons. The van der Waals surface area contributed by atoms with Gasteiger partial charge in [0.2, 0.25) is 0 Å². The number of carboxylic acids is 1. The highest BCUT2D eigenvalue weighted by Crippen LogP contribution is 2.11. The number of alkyl halides is 3. The molecule has 0 saturated heterocycles. The lowest BCUT2D eigenvalue weighted by molar-refractivity contribution is -0.475. The summed E-state index contributed by atoms with van der Waals surface area (Å²) in [6.07, 6.45) is -5.19. The normalized spacial score (nSPS) is 9.94. The van der Waals surface area contributed by atoms with Crippen molar-refractivity contribution in [1.82, 2.24) is 9.80 Å². The number of hydrogen-bond acceptors (Lipinski definition) is 2. The van der Waals surface area contributed by atoms with Gasteiger partial charge in [-0.15, -0.1) is 0 Å². The molecule has 5 nitrogen and oxygen atoms in total. The van der Waals surface area contributed by atoms with E-state index in [-0.39, 0.29) is 0 Å². The first kappa shape index (κ1) is 17.9. The van der Waals surface area contributed by atoms with Gasteiger partial charge in [-0.2, -0.15) is 13.2 Å². The smallest absolute Gasteiger partial charge is 0.430 e. The molecule has 0 amide bonds. The van der Waals surface area contributed by atoms with Gasteiger partial charge >= 0.3 is 12.1 Å². The zero-order chi connectivity index (χ0) is 14.4. The van der Waals surface area contributed by atoms with Crippen LogP contribution in [0.2, 0.25) is 0 Å². The lowest BCUT2D eigenvalue weighted by Gasteiger charge is -2.16. The van der Waals surface area contributed by atoms with Crippen molar-refractivity contribution < 1.29 is 27.6 Å². The third-order valence-electron chi connectivity index (χ3n) is 1.43. The summed E-state index contributed by atoms with van der Waals surface area (Å²) in [7, 11) is 12.2. The number of guanidine groups is 1. The Morgan fingerprint density at radius 2 is 1.29 bits per heavy atom. The van der Waals surface area contributed by atoms with Crippen molar-refractivity contribution in [2.75, 3.05) is 42.3 Å². The van der Waals surface area contributed by atoms with Gasteiger partial charge in [0, 0.05) is 0 Å². The van der Waals surface area contributed by atoms with E-state index in [0.29, 0.717) is 0 Å². The van der Waals surface area contributed by atoms with Gasteiger partial charge in [0.05, 0.1) is 42.3 Å². The first-order valence-corrected chi connectivity index (χ1v) is 4.58. The van der Waals surface area contributed by atoms with Gasteiger partial charge in [0.25, 0.3) is 0 Å². The van der Waals surface area contributed by atoms with Crippen LogP contribution in [-0.4, -0.2) is 74.8 Å². The first-order chi connectivity index (χ1) is 7.41. The summed E-state index contributed by atoms with van der Waals surface area (Å²) in [5.41, 5.74) is 0. The SMILES string of the molecule is CN(C)C(N(C)C)=[N+](C)C.O=C([O-])C(F)(F)F. The summed E-state index contributed by atoms with van der Waals surface area (Å²) >= 11 is 0. The Labute approximate surface area is 98.7 Å². The molecular weight excluding hydrogens is 239 g/mol. The van der Waals surface area contributed by atoms with Gasteiger partial charge in [0.15, 0.2) is 0 Å². The van der Waals surface area contributed by atoms with E-state index in [0.717, 1.165) is 0 Å². The zero-order valence-corrected chi connectivity index (χ0v) is 10.8. The minimum Gasteiger partial charge on any atom is -0.542 e. The van der Waals surface area contributed by atoms with E-state index in [1.54, 1.807) is 0 Å². The second-order valence-corrected chi connectivity index (χ2v) is 3.77. The van der Waals surface area contributed by atoms with Crippen LogP contribution in [0.25, 0.3) is 0 Å². The maximum absolute atomic E-state index is 10.5. The van der Waals surface area contributed by atoms with Crippen molar-refractivity contribution in [2.24, 2.45) is 0 Å². The highest BCUT2D eigenvalue weighted by molar-refractivity contribution is 5.73. The minimum absolute atomic E-state index is 1.19. The topological polar surface area (TPSA) is 49.6 Å². The van der Waals surface area contributed by atoms with Crippen LogP contribution >= 0.6 is 0 Å². The van der Waals surface area contributed by atoms with Crippen molar-refractivity contribution in [3.63, 3.8) is 0 Å². The summed E-state index contributed by atoms with van der Waals surface area (Å²) in [5, 5.41) is 8.78. The van der Waals surface area contributed by atoms with Crippen molar-refractivity contribution in [2.45, 2.75) is 6.18 Å². The van der Waals surface area contributed by atoms with Crippen molar-refractivity contribution >= 4 is 11.9 Å². The molecule has 0 aromatic carbocycles. The number of aliphatic carboxylic acids is 1. The molecule has 0 heterocycles. The van der Waals surface area contributed by atoms with Gasteiger partial charge in [0.1, 0.15) is 5.97 Å². The number of carbonyl (C=O) groups excluding carboxylic acids is 1. The van der Waals surface area contributed by atoms with Crippen LogP contribution < -0.4 is 5.11 Å². The predicted molar refractivity (Wildman–Crippen MR) is 55.6 cm³/mol. The summed E-state index contributed by atoms with van der Waals surface area (Å²) in [5.74, 6) is -1.81. The van der Waals surface area contributed by atoms with E-state index in [1.807, 2.05) is 42.3 Å². The zero-order valence-electron chi connectivity index (χ0n) is 10.8. The fraction of sp³-hybridized carbons (Fsp3) is 0.778. The molecule has 0 aliphatic heterocycles. The highest BCUT2D eigenvalue weighted by Gasteiger charge is 2.28. The average molecular weight is 257 g/mol. The third-order valence-corrected chi connectivity index (χ3v) is 1.43. The molecule has 17 heavy (non-hydrogen) atoms. The van der Waals surface area contributed by atoms with Crippen molar-refractivity contribution in [3.05, 3.63) is 0 Å². The molecule has 0 aromatic rings. The highest BCUT2D eigenvalue weighted by atomic mass is 19.4. The largest absolute Gasteiger partial charge is 0.542 e. The number of nitrogens with zero attached hydrogens (tertiary/aromatic N) is 3. The lowest BCUT2D eigenvalue weighted by atomic mass is 10.7. The monoisotopic (exact) mass is 257 g/mol. The molecule has 0 fully saturated rings. The second kappa shape index (κ2) is 6.97. The molecular formula is C9H18F3N3O2. The number of halogens is 3. The Morgan fingerprint density at radius 3 is 1.29 bits per heavy atom. The lowest BCUT2D eigenvalue weighted by Crippen LogP contribution is -2.40. The van der Waals surface area contributed by atoms with E-state index in [1.165, 1.54) is 5.96 Å². The Bertz CT molecular complexity index is 272. The van der Waals surface area contributed by atoms with E-state index in [9.17, 15) is 13.2 Å². The van der Waals surface area contributed by atoms with Gasteiger partial charge in [-0.1, -0.05) is 0 Å². The summed E-state index contributed by atoms with van der Waals surface area (Å²) in [4.78, 5) is 13.0. The summed E-state index contributed by atoms with van der Waals surface area (Å²) in [6.45, 7) is 0. The molecule has 0 aromatic heterocycles. The predicted octanol–water partition coefficient (Wildman–Crippen LogP) is -0.964. The molecule has 8 heteroatoms. The van der Waals surface area contributed by atoms with Crippen LogP contribution in [0.1, 0.15) is 0 Å². The Kier molecular flexibility index (Phi) is 7.35. The molecule has 0 N–H and O–H groups in total. The van der Waals surface area contributed by atoms with Gasteiger partial charge in [-0.25, -0.2) is 0 Å². The maximum atomic E-state index is 10.5. The number of hydrogen-bond donors (Lipinski definition) is 0. The Hall–Kier alpha value is -1.47. The van der Waals surface area contributed by atoms with Crippen molar-refractivity contribution in [1.29, 1.82) is 0 Å². The average Bonchev–Trinajstić information content (AvgIpc) is 1.99. The quantitative estimate of drug-likeness (QED) is 0.318. The first-order valence-electron chi connectivity index (χ1n) is 4.58. The van der Waals surface area contributed by atoms with Crippen molar-refractivity contribution in [3.8, 4) is 0 Å². The number of carbonyl (C=O) groups is 1. The maximum Gasteiger partial charge on any atom is 0.430 e. The molecule has 0 radical (unpaired) electrons. The minimum atomic E-state index is -5.19. The molecule has 0 atom stereocenters. The van der Waals surface area contributed by atoms with E-state index < -0.39 is 12.1 Å². The molecule has 0 saturated carbocycles. The number of carboxylic acid groups (broad SMARTS) is 1. The van der Waals surface area contributed by atoms with Crippen LogP contribution in [0, 0.1) is 0 Å². The third kappa shape index (κ3) is 8.35. The fourth-order valence-corrected chi connectivity index (χ4v) is 1.20. The molecule has 0 bridgehead atoms. The van der Waals surface area contributed by atoms with Gasteiger partial charge in [-0.05, 0) is 0 Å². The molecule has 0 rings (SSSR count). The van der Waals surface area contributed by atoms with Crippen LogP contribution in [0.5, 0.6) is 0 Å². The van der Waals surface area contributed by atoms with Crippen LogP contribution in [0.4, 0.5) is 13.2 Å². The number of rotatable bonds is 0. The molecule has 0 spiro atoms. The summed E-state index contributed by atoms with van der Waals surface area (Å²) < 4.78 is 33.6. The summed E-state index contributed by atoms with van der Waals surface area (Å²) in [6, 6.07) is 0. The van der Waals surface area contributed by atoms with Gasteiger partial charge in [-0.3, -0.25) is 14.4 Å². The van der Waals surface area contributed by atoms with E-state index in [2.05, 4.69) is 14.4 Å². The van der Waals surface area contributed by atoms with Crippen LogP contribution in [0.3, 0.4) is 0 Å². The van der Waals surface area contributed by atoms with Gasteiger partial charge < -0.3 is 9.90 Å².